The van der Waals surface area contributed by atoms with Gasteiger partial charge in [-0.3, -0.25) is 14.4 Å². The summed E-state index contributed by atoms with van der Waals surface area (Å²) >= 11 is 1.34. The lowest BCUT2D eigenvalue weighted by molar-refractivity contribution is -0.115. The van der Waals surface area contributed by atoms with Gasteiger partial charge in [0.1, 0.15) is 0 Å². The van der Waals surface area contributed by atoms with E-state index in [9.17, 15) is 14.4 Å². The molecule has 0 aliphatic heterocycles. The maximum atomic E-state index is 12.8. The summed E-state index contributed by atoms with van der Waals surface area (Å²) in [5, 5.41) is 7.37. The van der Waals surface area contributed by atoms with Gasteiger partial charge in [-0.05, 0) is 35.7 Å². The molecule has 2 aromatic carbocycles. The van der Waals surface area contributed by atoms with Crippen molar-refractivity contribution in [3.8, 4) is 0 Å². The zero-order chi connectivity index (χ0) is 19.2. The Balaban J connectivity index is 1.82. The molecule has 0 unspecified atom stereocenters. The summed E-state index contributed by atoms with van der Waals surface area (Å²) in [6.07, 6.45) is 0.370. The Kier molecular flexibility index (Phi) is 5.78. The molecular formula is C21H18N2O3S. The average Bonchev–Trinajstić information content (AvgIpc) is 3.22. The van der Waals surface area contributed by atoms with Crippen molar-refractivity contribution in [2.45, 2.75) is 13.3 Å². The fraction of sp³-hybridized carbons (Fsp3) is 0.0952. The second-order valence-corrected chi connectivity index (χ2v) is 6.74. The monoisotopic (exact) mass is 378 g/mol. The highest BCUT2D eigenvalue weighted by Gasteiger charge is 2.18. The Morgan fingerprint density at radius 3 is 2.22 bits per heavy atom. The fourth-order valence-electron chi connectivity index (χ4n) is 2.54. The van der Waals surface area contributed by atoms with Crippen LogP contribution in [0.1, 0.15) is 38.9 Å². The molecule has 1 heterocycles. The maximum absolute atomic E-state index is 12.8. The molecule has 0 spiro atoms. The van der Waals surface area contributed by atoms with E-state index in [2.05, 4.69) is 10.6 Å². The van der Waals surface area contributed by atoms with E-state index in [4.69, 9.17) is 0 Å². The number of thiophene rings is 1. The van der Waals surface area contributed by atoms with Gasteiger partial charge in [-0.2, -0.15) is 0 Å². The molecule has 3 rings (SSSR count). The van der Waals surface area contributed by atoms with Gasteiger partial charge in [0.25, 0.3) is 5.91 Å². The van der Waals surface area contributed by atoms with Crippen molar-refractivity contribution in [1.29, 1.82) is 0 Å². The summed E-state index contributed by atoms with van der Waals surface area (Å²) in [4.78, 5) is 37.5. The number of hydrogen-bond acceptors (Lipinski definition) is 4. The summed E-state index contributed by atoms with van der Waals surface area (Å²) in [5.74, 6) is -0.667. The Hall–Kier alpha value is -3.25. The largest absolute Gasteiger partial charge is 0.326 e. The summed E-state index contributed by atoms with van der Waals surface area (Å²) < 4.78 is 0. The highest BCUT2D eigenvalue weighted by atomic mass is 32.1. The Morgan fingerprint density at radius 1 is 0.852 bits per heavy atom. The number of anilines is 2. The van der Waals surface area contributed by atoms with Crippen LogP contribution in [0.2, 0.25) is 0 Å². The van der Waals surface area contributed by atoms with Gasteiger partial charge in [-0.25, -0.2) is 0 Å². The van der Waals surface area contributed by atoms with Gasteiger partial charge in [0, 0.05) is 23.4 Å². The van der Waals surface area contributed by atoms with Crippen LogP contribution in [-0.4, -0.2) is 17.6 Å². The summed E-state index contributed by atoms with van der Waals surface area (Å²) in [5.41, 5.74) is 1.79. The average molecular weight is 378 g/mol. The first kappa shape index (κ1) is 18.5. The molecule has 0 radical (unpaired) electrons. The molecule has 0 fully saturated rings. The molecule has 6 heteroatoms. The van der Waals surface area contributed by atoms with Crippen molar-refractivity contribution in [3.05, 3.63) is 82.0 Å². The summed E-state index contributed by atoms with van der Waals surface area (Å²) in [6, 6.07) is 17.2. The maximum Gasteiger partial charge on any atom is 0.256 e. The van der Waals surface area contributed by atoms with Gasteiger partial charge in [0.15, 0.2) is 0 Å². The predicted molar refractivity (Wildman–Crippen MR) is 108 cm³/mol. The summed E-state index contributed by atoms with van der Waals surface area (Å²) in [7, 11) is 0. The van der Waals surface area contributed by atoms with Crippen LogP contribution in [0, 0.1) is 0 Å². The van der Waals surface area contributed by atoms with Gasteiger partial charge in [0.05, 0.1) is 10.4 Å². The molecule has 2 N–H and O–H groups in total. The van der Waals surface area contributed by atoms with E-state index in [-0.39, 0.29) is 17.6 Å². The third-order valence-corrected chi connectivity index (χ3v) is 4.76. The van der Waals surface area contributed by atoms with Gasteiger partial charge >= 0.3 is 0 Å². The number of amides is 2. The molecule has 0 saturated carbocycles. The van der Waals surface area contributed by atoms with E-state index in [1.165, 1.54) is 11.3 Å². The number of hydrogen-bond donors (Lipinski definition) is 2. The van der Waals surface area contributed by atoms with E-state index in [0.717, 1.165) is 0 Å². The Morgan fingerprint density at radius 2 is 1.56 bits per heavy atom. The Labute approximate surface area is 161 Å². The number of carbonyl (C=O) groups is 3. The van der Waals surface area contributed by atoms with Crippen molar-refractivity contribution < 1.29 is 14.4 Å². The molecule has 0 atom stereocenters. The van der Waals surface area contributed by atoms with Crippen molar-refractivity contribution in [2.75, 3.05) is 10.6 Å². The smallest absolute Gasteiger partial charge is 0.256 e. The lowest BCUT2D eigenvalue weighted by atomic mass is 10.0. The van der Waals surface area contributed by atoms with Crippen LogP contribution in [0.25, 0.3) is 0 Å². The van der Waals surface area contributed by atoms with Crippen LogP contribution in [0.15, 0.2) is 66.0 Å². The van der Waals surface area contributed by atoms with Gasteiger partial charge in [0.2, 0.25) is 11.7 Å². The predicted octanol–water partition coefficient (Wildman–Crippen LogP) is 4.58. The first-order valence-electron chi connectivity index (χ1n) is 8.47. The SMILES string of the molecule is CCC(=O)Nc1cccc(NC(=O)c2ccccc2C(=O)c2cccs2)c1. The van der Waals surface area contributed by atoms with E-state index in [1.807, 2.05) is 5.38 Å². The number of ketones is 1. The van der Waals surface area contributed by atoms with E-state index in [1.54, 1.807) is 67.6 Å². The van der Waals surface area contributed by atoms with Crippen LogP contribution in [-0.2, 0) is 4.79 Å². The minimum Gasteiger partial charge on any atom is -0.326 e. The molecule has 0 aliphatic carbocycles. The van der Waals surface area contributed by atoms with Crippen LogP contribution in [0.4, 0.5) is 11.4 Å². The molecule has 2 amide bonds. The molecule has 5 nitrogen and oxygen atoms in total. The molecule has 0 saturated heterocycles. The lowest BCUT2D eigenvalue weighted by Gasteiger charge is -2.10. The number of rotatable bonds is 6. The zero-order valence-corrected chi connectivity index (χ0v) is 15.5. The number of benzene rings is 2. The van der Waals surface area contributed by atoms with E-state index in [0.29, 0.717) is 33.8 Å². The van der Waals surface area contributed by atoms with Crippen molar-refractivity contribution in [1.82, 2.24) is 0 Å². The normalized spacial score (nSPS) is 10.3. The topological polar surface area (TPSA) is 75.3 Å². The molecule has 1 aromatic heterocycles. The lowest BCUT2D eigenvalue weighted by Crippen LogP contribution is -2.17. The fourth-order valence-corrected chi connectivity index (χ4v) is 3.22. The first-order chi connectivity index (χ1) is 13.1. The first-order valence-corrected chi connectivity index (χ1v) is 9.35. The van der Waals surface area contributed by atoms with Crippen LogP contribution >= 0.6 is 11.3 Å². The minimum absolute atomic E-state index is 0.106. The van der Waals surface area contributed by atoms with Crippen molar-refractivity contribution in [3.63, 3.8) is 0 Å². The minimum atomic E-state index is -0.380. The van der Waals surface area contributed by atoms with Crippen molar-refractivity contribution >= 4 is 40.3 Å². The van der Waals surface area contributed by atoms with Crippen LogP contribution in [0.3, 0.4) is 0 Å². The highest BCUT2D eigenvalue weighted by molar-refractivity contribution is 7.12. The second kappa shape index (κ2) is 8.42. The molecule has 136 valence electrons. The Bertz CT molecular complexity index is 981. The number of nitrogens with one attached hydrogen (secondary N) is 2. The highest BCUT2D eigenvalue weighted by Crippen LogP contribution is 2.21. The molecule has 0 aliphatic rings. The number of carbonyl (C=O) groups excluding carboxylic acids is 3. The van der Waals surface area contributed by atoms with E-state index >= 15 is 0 Å². The molecular weight excluding hydrogens is 360 g/mol. The molecule has 27 heavy (non-hydrogen) atoms. The van der Waals surface area contributed by atoms with Gasteiger partial charge < -0.3 is 10.6 Å². The van der Waals surface area contributed by atoms with Crippen LogP contribution < -0.4 is 10.6 Å². The quantitative estimate of drug-likeness (QED) is 0.617. The standard InChI is InChI=1S/C21H18N2O3S/c1-2-19(24)22-14-7-5-8-15(13-14)23-21(26)17-10-4-3-9-16(17)20(25)18-11-6-12-27-18/h3-13H,2H2,1H3,(H,22,24)(H,23,26). The third-order valence-electron chi connectivity index (χ3n) is 3.89. The molecule has 0 bridgehead atoms. The van der Waals surface area contributed by atoms with Gasteiger partial charge in [-0.15, -0.1) is 11.3 Å². The molecule has 3 aromatic rings. The third kappa shape index (κ3) is 4.48. The zero-order valence-electron chi connectivity index (χ0n) is 14.7. The second-order valence-electron chi connectivity index (χ2n) is 5.79. The van der Waals surface area contributed by atoms with Gasteiger partial charge in [-0.1, -0.05) is 37.3 Å². The van der Waals surface area contributed by atoms with E-state index < -0.39 is 0 Å². The van der Waals surface area contributed by atoms with Crippen LogP contribution in [0.5, 0.6) is 0 Å². The summed E-state index contributed by atoms with van der Waals surface area (Å²) in [6.45, 7) is 1.77. The van der Waals surface area contributed by atoms with Crippen molar-refractivity contribution in [2.24, 2.45) is 0 Å².